The molecule has 0 radical (unpaired) electrons. The first-order chi connectivity index (χ1) is 16.5. The maximum absolute atomic E-state index is 12.4. The van der Waals surface area contributed by atoms with Crippen LogP contribution in [0.3, 0.4) is 0 Å². The van der Waals surface area contributed by atoms with Crippen LogP contribution in [-0.2, 0) is 27.5 Å². The summed E-state index contributed by atoms with van der Waals surface area (Å²) in [4.78, 5) is 25.8. The molecule has 0 aliphatic carbocycles. The Morgan fingerprint density at radius 2 is 1.97 bits per heavy atom. The van der Waals surface area contributed by atoms with Crippen LogP contribution in [0.5, 0.6) is 0 Å². The largest absolute Gasteiger partial charge is 0.444 e. The molecule has 1 amide bonds. The molecular weight excluding hydrogens is 466 g/mol. The highest BCUT2D eigenvalue weighted by Gasteiger charge is 2.31. The molecule has 2 aliphatic rings. The highest BCUT2D eigenvalue weighted by molar-refractivity contribution is 7.90. The van der Waals surface area contributed by atoms with Gasteiger partial charge in [0.1, 0.15) is 23.4 Å². The van der Waals surface area contributed by atoms with Crippen LogP contribution in [0.1, 0.15) is 32.8 Å². The van der Waals surface area contributed by atoms with Crippen molar-refractivity contribution in [2.24, 2.45) is 5.92 Å². The minimum absolute atomic E-state index is 0.256. The molecule has 9 nitrogen and oxygen atoms in total. The van der Waals surface area contributed by atoms with Crippen molar-refractivity contribution >= 4 is 38.5 Å². The van der Waals surface area contributed by atoms with Crippen LogP contribution in [0.4, 0.5) is 16.3 Å². The molecule has 1 saturated heterocycles. The summed E-state index contributed by atoms with van der Waals surface area (Å²) in [5.74, 6) is 1.14. The zero-order valence-corrected chi connectivity index (χ0v) is 21.4. The molecule has 35 heavy (non-hydrogen) atoms. The third-order valence-electron chi connectivity index (χ3n) is 6.56. The van der Waals surface area contributed by atoms with E-state index in [4.69, 9.17) is 4.74 Å². The lowest BCUT2D eigenvalue weighted by molar-refractivity contribution is 0.0287. The smallest absolute Gasteiger partial charge is 0.410 e. The van der Waals surface area contributed by atoms with Gasteiger partial charge in [0.25, 0.3) is 0 Å². The van der Waals surface area contributed by atoms with Gasteiger partial charge in [-0.3, -0.25) is 0 Å². The van der Waals surface area contributed by atoms with Crippen molar-refractivity contribution in [2.45, 2.75) is 50.7 Å². The van der Waals surface area contributed by atoms with E-state index in [0.29, 0.717) is 23.9 Å². The first kappa shape index (κ1) is 23.6. The van der Waals surface area contributed by atoms with Crippen LogP contribution in [0.25, 0.3) is 11.0 Å². The Kier molecular flexibility index (Phi) is 5.74. The molecule has 3 aromatic rings. The summed E-state index contributed by atoms with van der Waals surface area (Å²) in [6.07, 6.45) is 6.26. The van der Waals surface area contributed by atoms with E-state index in [9.17, 15) is 13.2 Å². The number of aromatic nitrogens is 3. The monoisotopic (exact) mass is 497 g/mol. The van der Waals surface area contributed by atoms with Crippen LogP contribution in [-0.4, -0.2) is 65.4 Å². The molecule has 0 saturated carbocycles. The summed E-state index contributed by atoms with van der Waals surface area (Å²) in [7, 11) is -3.25. The van der Waals surface area contributed by atoms with Gasteiger partial charge in [-0.15, -0.1) is 0 Å². The van der Waals surface area contributed by atoms with Crippen molar-refractivity contribution in [3.63, 3.8) is 0 Å². The fourth-order valence-electron chi connectivity index (χ4n) is 4.93. The number of hydrogen-bond acceptors (Lipinski definition) is 7. The summed E-state index contributed by atoms with van der Waals surface area (Å²) in [5.41, 5.74) is 2.34. The van der Waals surface area contributed by atoms with E-state index >= 15 is 0 Å². The Morgan fingerprint density at radius 1 is 1.17 bits per heavy atom. The molecule has 1 fully saturated rings. The van der Waals surface area contributed by atoms with E-state index in [2.05, 4.69) is 19.4 Å². The number of rotatable bonds is 4. The molecular formula is C25H31N5O4S. The number of fused-ring (bicyclic) bond motifs is 2. The summed E-state index contributed by atoms with van der Waals surface area (Å²) in [5, 5.41) is 0.953. The van der Waals surface area contributed by atoms with E-state index in [-0.39, 0.29) is 6.09 Å². The molecule has 1 atom stereocenters. The zero-order valence-electron chi connectivity index (χ0n) is 20.6. The fourth-order valence-corrected chi connectivity index (χ4v) is 5.61. The predicted molar refractivity (Wildman–Crippen MR) is 134 cm³/mol. The minimum Gasteiger partial charge on any atom is -0.444 e. The normalized spacial score (nSPS) is 18.3. The van der Waals surface area contributed by atoms with Gasteiger partial charge < -0.3 is 19.1 Å². The van der Waals surface area contributed by atoms with E-state index in [1.165, 1.54) is 6.26 Å². The maximum atomic E-state index is 12.4. The Hall–Kier alpha value is -3.14. The Labute approximate surface area is 205 Å². The SMILES string of the molecule is CC(C)(C)OC(=O)N1CC[C@@H](Cn2ccc3c(N4CCc5cc(S(C)(=O)=O)ccc54)ncnc32)C1. The zero-order chi connectivity index (χ0) is 25.0. The molecule has 5 rings (SSSR count). The average Bonchev–Trinajstić information content (AvgIpc) is 3.50. The van der Waals surface area contributed by atoms with E-state index in [0.717, 1.165) is 54.0 Å². The van der Waals surface area contributed by atoms with Crippen LogP contribution in [0.2, 0.25) is 0 Å². The van der Waals surface area contributed by atoms with Gasteiger partial charge in [-0.25, -0.2) is 23.2 Å². The van der Waals surface area contributed by atoms with Crippen LogP contribution < -0.4 is 4.90 Å². The second-order valence-corrected chi connectivity index (χ2v) is 12.5. The van der Waals surface area contributed by atoms with Crippen molar-refractivity contribution < 1.29 is 17.9 Å². The van der Waals surface area contributed by atoms with Gasteiger partial charge >= 0.3 is 6.09 Å². The van der Waals surface area contributed by atoms with E-state index < -0.39 is 15.4 Å². The number of carbonyl (C=O) groups is 1. The first-order valence-corrected chi connectivity index (χ1v) is 13.8. The topological polar surface area (TPSA) is 97.6 Å². The predicted octanol–water partition coefficient (Wildman–Crippen LogP) is 3.79. The fraction of sp³-hybridized carbons (Fsp3) is 0.480. The minimum atomic E-state index is -3.25. The van der Waals surface area contributed by atoms with Gasteiger partial charge in [0.15, 0.2) is 9.84 Å². The van der Waals surface area contributed by atoms with Crippen molar-refractivity contribution in [3.05, 3.63) is 42.4 Å². The summed E-state index contributed by atoms with van der Waals surface area (Å²) >= 11 is 0. The van der Waals surface area contributed by atoms with Gasteiger partial charge in [0.05, 0.1) is 10.3 Å². The van der Waals surface area contributed by atoms with Gasteiger partial charge in [-0.05, 0) is 69.4 Å². The van der Waals surface area contributed by atoms with Crippen molar-refractivity contribution in [1.29, 1.82) is 0 Å². The average molecular weight is 498 g/mol. The molecule has 10 heteroatoms. The standard InChI is InChI=1S/C25H31N5O4S/c1-25(2,3)34-24(31)29-10-7-17(15-29)14-28-11-9-20-22(28)26-16-27-23(20)30-12-8-18-13-19(35(4,32)33)5-6-21(18)30/h5-6,9,11,13,16-17H,7-8,10,12,14-15H2,1-4H3/t17-/m0/s1. The maximum Gasteiger partial charge on any atom is 0.410 e. The first-order valence-electron chi connectivity index (χ1n) is 11.9. The van der Waals surface area contributed by atoms with Gasteiger partial charge in [-0.2, -0.15) is 0 Å². The van der Waals surface area contributed by atoms with Crippen molar-refractivity contribution in [3.8, 4) is 0 Å². The van der Waals surface area contributed by atoms with Crippen molar-refractivity contribution in [1.82, 2.24) is 19.4 Å². The van der Waals surface area contributed by atoms with Gasteiger partial charge in [0, 0.05) is 44.3 Å². The van der Waals surface area contributed by atoms with Crippen LogP contribution in [0.15, 0.2) is 41.7 Å². The number of anilines is 2. The molecule has 0 N–H and O–H groups in total. The number of hydrogen-bond donors (Lipinski definition) is 0. The van der Waals surface area contributed by atoms with Gasteiger partial charge in [0.2, 0.25) is 0 Å². The highest BCUT2D eigenvalue weighted by atomic mass is 32.2. The Bertz CT molecular complexity index is 1390. The number of nitrogens with zero attached hydrogens (tertiary/aromatic N) is 5. The third kappa shape index (κ3) is 4.71. The van der Waals surface area contributed by atoms with Crippen LogP contribution in [0, 0.1) is 5.92 Å². The van der Waals surface area contributed by atoms with Gasteiger partial charge in [-0.1, -0.05) is 0 Å². The molecule has 0 spiro atoms. The Morgan fingerprint density at radius 3 is 2.71 bits per heavy atom. The highest BCUT2D eigenvalue weighted by Crippen LogP contribution is 2.38. The molecule has 2 aliphatic heterocycles. The lowest BCUT2D eigenvalue weighted by atomic mass is 10.1. The summed E-state index contributed by atoms with van der Waals surface area (Å²) < 4.78 is 31.6. The molecule has 186 valence electrons. The molecule has 4 heterocycles. The van der Waals surface area contributed by atoms with E-state index in [1.807, 2.05) is 39.1 Å². The van der Waals surface area contributed by atoms with E-state index in [1.54, 1.807) is 23.4 Å². The number of carbonyl (C=O) groups excluding carboxylic acids is 1. The third-order valence-corrected chi connectivity index (χ3v) is 7.67. The molecule has 2 aromatic heterocycles. The second-order valence-electron chi connectivity index (χ2n) is 10.4. The molecule has 0 unspecified atom stereocenters. The Balaban J connectivity index is 1.36. The molecule has 0 bridgehead atoms. The quantitative estimate of drug-likeness (QED) is 0.541. The molecule has 1 aromatic carbocycles. The number of amides is 1. The number of benzene rings is 1. The number of likely N-dealkylation sites (tertiary alicyclic amines) is 1. The summed E-state index contributed by atoms with van der Waals surface area (Å²) in [6.45, 7) is 8.48. The number of sulfone groups is 1. The lowest BCUT2D eigenvalue weighted by Gasteiger charge is -2.24. The van der Waals surface area contributed by atoms with Crippen LogP contribution >= 0.6 is 0 Å². The number of ether oxygens (including phenoxy) is 1. The summed E-state index contributed by atoms with van der Waals surface area (Å²) in [6, 6.07) is 7.33. The second kappa shape index (κ2) is 8.51. The lowest BCUT2D eigenvalue weighted by Crippen LogP contribution is -2.35. The van der Waals surface area contributed by atoms with Crippen molar-refractivity contribution in [2.75, 3.05) is 30.8 Å².